The van der Waals surface area contributed by atoms with E-state index in [1.54, 1.807) is 0 Å². The summed E-state index contributed by atoms with van der Waals surface area (Å²) >= 11 is 0. The van der Waals surface area contributed by atoms with Gasteiger partial charge in [0.05, 0.1) is 6.04 Å². The summed E-state index contributed by atoms with van der Waals surface area (Å²) in [4.78, 5) is 13.9. The summed E-state index contributed by atoms with van der Waals surface area (Å²) in [5.74, 6) is 0.679. The third-order valence-electron chi connectivity index (χ3n) is 3.61. The number of carbonyl (C=O) groups excluding carboxylic acids is 1. The SMILES string of the molecule is NC(C(=O)N1CCCCC1)C1CCC1. The topological polar surface area (TPSA) is 46.3 Å². The molecule has 2 N–H and O–H groups in total. The number of carbonyl (C=O) groups is 1. The summed E-state index contributed by atoms with van der Waals surface area (Å²) in [5, 5.41) is 0. The quantitative estimate of drug-likeness (QED) is 0.719. The Labute approximate surface area is 85.6 Å². The Balaban J connectivity index is 1.85. The van der Waals surface area contributed by atoms with Crippen molar-refractivity contribution in [2.45, 2.75) is 44.6 Å². The van der Waals surface area contributed by atoms with Gasteiger partial charge in [0.1, 0.15) is 0 Å². The molecule has 1 aliphatic carbocycles. The van der Waals surface area contributed by atoms with E-state index in [4.69, 9.17) is 5.73 Å². The summed E-state index contributed by atoms with van der Waals surface area (Å²) in [7, 11) is 0. The molecule has 1 saturated carbocycles. The van der Waals surface area contributed by atoms with Crippen LogP contribution in [0.2, 0.25) is 0 Å². The van der Waals surface area contributed by atoms with Gasteiger partial charge in [-0.3, -0.25) is 4.79 Å². The van der Waals surface area contributed by atoms with Gasteiger partial charge in [-0.2, -0.15) is 0 Å². The number of amides is 1. The molecule has 0 aromatic carbocycles. The molecular formula is C11H20N2O. The number of nitrogens with two attached hydrogens (primary N) is 1. The average Bonchev–Trinajstić information content (AvgIpc) is 2.15. The summed E-state index contributed by atoms with van der Waals surface area (Å²) in [6.07, 6.45) is 7.14. The molecule has 1 aliphatic heterocycles. The molecule has 1 heterocycles. The van der Waals surface area contributed by atoms with Crippen LogP contribution in [0.25, 0.3) is 0 Å². The van der Waals surface area contributed by atoms with E-state index in [0.29, 0.717) is 5.92 Å². The fourth-order valence-corrected chi connectivity index (χ4v) is 2.33. The minimum atomic E-state index is -0.207. The van der Waals surface area contributed by atoms with Gasteiger partial charge in [0.2, 0.25) is 5.91 Å². The molecule has 0 bridgehead atoms. The van der Waals surface area contributed by atoms with E-state index < -0.39 is 0 Å². The molecule has 3 heteroatoms. The minimum Gasteiger partial charge on any atom is -0.341 e. The molecule has 14 heavy (non-hydrogen) atoms. The predicted molar refractivity (Wildman–Crippen MR) is 55.7 cm³/mol. The summed E-state index contributed by atoms with van der Waals surface area (Å²) in [6.45, 7) is 1.86. The maximum absolute atomic E-state index is 11.9. The van der Waals surface area contributed by atoms with Gasteiger partial charge in [0, 0.05) is 13.1 Å². The number of rotatable bonds is 2. The smallest absolute Gasteiger partial charge is 0.239 e. The molecular weight excluding hydrogens is 176 g/mol. The predicted octanol–water partition coefficient (Wildman–Crippen LogP) is 1.13. The van der Waals surface area contributed by atoms with E-state index in [1.807, 2.05) is 4.90 Å². The molecule has 2 rings (SSSR count). The zero-order chi connectivity index (χ0) is 9.97. The third-order valence-corrected chi connectivity index (χ3v) is 3.61. The van der Waals surface area contributed by atoms with Crippen LogP contribution in [0, 0.1) is 5.92 Å². The Morgan fingerprint density at radius 1 is 1.14 bits per heavy atom. The molecule has 0 aromatic rings. The summed E-state index contributed by atoms with van der Waals surface area (Å²) < 4.78 is 0. The zero-order valence-electron chi connectivity index (χ0n) is 8.74. The van der Waals surface area contributed by atoms with Gasteiger partial charge in [0.25, 0.3) is 0 Å². The Hall–Kier alpha value is -0.570. The van der Waals surface area contributed by atoms with Crippen LogP contribution < -0.4 is 5.73 Å². The largest absolute Gasteiger partial charge is 0.341 e. The first kappa shape index (κ1) is 9.97. The van der Waals surface area contributed by atoms with Crippen LogP contribution in [0.15, 0.2) is 0 Å². The van der Waals surface area contributed by atoms with Crippen molar-refractivity contribution < 1.29 is 4.79 Å². The van der Waals surface area contributed by atoms with E-state index in [0.717, 1.165) is 38.8 Å². The van der Waals surface area contributed by atoms with Crippen molar-refractivity contribution in [2.75, 3.05) is 13.1 Å². The molecule has 80 valence electrons. The van der Waals surface area contributed by atoms with Gasteiger partial charge in [-0.15, -0.1) is 0 Å². The van der Waals surface area contributed by atoms with E-state index in [2.05, 4.69) is 0 Å². The molecule has 0 spiro atoms. The Kier molecular flexibility index (Phi) is 3.06. The van der Waals surface area contributed by atoms with Crippen LogP contribution in [0.5, 0.6) is 0 Å². The highest BCUT2D eigenvalue weighted by Gasteiger charge is 2.32. The van der Waals surface area contributed by atoms with Crippen molar-refractivity contribution >= 4 is 5.91 Å². The number of piperidine rings is 1. The van der Waals surface area contributed by atoms with Crippen LogP contribution in [0.3, 0.4) is 0 Å². The monoisotopic (exact) mass is 196 g/mol. The van der Waals surface area contributed by atoms with Crippen LogP contribution in [0.4, 0.5) is 0 Å². The lowest BCUT2D eigenvalue weighted by molar-refractivity contribution is -0.135. The normalized spacial score (nSPS) is 25.6. The third kappa shape index (κ3) is 1.92. The van der Waals surface area contributed by atoms with Gasteiger partial charge in [0.15, 0.2) is 0 Å². The first-order valence-corrected chi connectivity index (χ1v) is 5.83. The molecule has 1 atom stereocenters. The zero-order valence-corrected chi connectivity index (χ0v) is 8.74. The van der Waals surface area contributed by atoms with Crippen molar-refractivity contribution in [2.24, 2.45) is 11.7 Å². The number of nitrogens with zero attached hydrogens (tertiary/aromatic N) is 1. The molecule has 0 radical (unpaired) electrons. The summed E-state index contributed by atoms with van der Waals surface area (Å²) in [5.41, 5.74) is 5.96. The van der Waals surface area contributed by atoms with Crippen molar-refractivity contribution in [3.63, 3.8) is 0 Å². The van der Waals surface area contributed by atoms with Gasteiger partial charge in [-0.05, 0) is 38.0 Å². The number of hydrogen-bond donors (Lipinski definition) is 1. The molecule has 1 saturated heterocycles. The Bertz CT molecular complexity index is 203. The van der Waals surface area contributed by atoms with Crippen molar-refractivity contribution in [3.8, 4) is 0 Å². The Morgan fingerprint density at radius 3 is 2.29 bits per heavy atom. The van der Waals surface area contributed by atoms with E-state index in [-0.39, 0.29) is 11.9 Å². The molecule has 0 aromatic heterocycles. The highest BCUT2D eigenvalue weighted by molar-refractivity contribution is 5.82. The second kappa shape index (κ2) is 4.30. The lowest BCUT2D eigenvalue weighted by Gasteiger charge is -2.35. The second-order valence-electron chi connectivity index (χ2n) is 4.60. The fraction of sp³-hybridized carbons (Fsp3) is 0.909. The van der Waals surface area contributed by atoms with Crippen LogP contribution in [0.1, 0.15) is 38.5 Å². The van der Waals surface area contributed by atoms with Crippen LogP contribution in [-0.4, -0.2) is 29.9 Å². The van der Waals surface area contributed by atoms with E-state index >= 15 is 0 Å². The van der Waals surface area contributed by atoms with Crippen molar-refractivity contribution in [1.29, 1.82) is 0 Å². The highest BCUT2D eigenvalue weighted by Crippen LogP contribution is 2.29. The lowest BCUT2D eigenvalue weighted by atomic mass is 9.79. The maximum atomic E-state index is 11.9. The molecule has 3 nitrogen and oxygen atoms in total. The summed E-state index contributed by atoms with van der Waals surface area (Å²) in [6, 6.07) is -0.207. The van der Waals surface area contributed by atoms with E-state index in [9.17, 15) is 4.79 Å². The van der Waals surface area contributed by atoms with Crippen LogP contribution >= 0.6 is 0 Å². The highest BCUT2D eigenvalue weighted by atomic mass is 16.2. The van der Waals surface area contributed by atoms with Gasteiger partial charge in [-0.1, -0.05) is 6.42 Å². The molecule has 1 amide bonds. The Morgan fingerprint density at radius 2 is 1.79 bits per heavy atom. The molecule has 2 aliphatic rings. The second-order valence-corrected chi connectivity index (χ2v) is 4.60. The number of hydrogen-bond acceptors (Lipinski definition) is 2. The maximum Gasteiger partial charge on any atom is 0.239 e. The van der Waals surface area contributed by atoms with Gasteiger partial charge >= 0.3 is 0 Å². The first-order chi connectivity index (χ1) is 6.79. The fourth-order valence-electron chi connectivity index (χ4n) is 2.33. The van der Waals surface area contributed by atoms with Crippen molar-refractivity contribution in [1.82, 2.24) is 4.90 Å². The van der Waals surface area contributed by atoms with E-state index in [1.165, 1.54) is 12.8 Å². The van der Waals surface area contributed by atoms with Crippen LogP contribution in [-0.2, 0) is 4.79 Å². The standard InChI is InChI=1S/C11H20N2O/c12-10(9-5-4-6-9)11(14)13-7-2-1-3-8-13/h9-10H,1-8,12H2. The minimum absolute atomic E-state index is 0.203. The number of likely N-dealkylation sites (tertiary alicyclic amines) is 1. The molecule has 1 unspecified atom stereocenters. The van der Waals surface area contributed by atoms with Gasteiger partial charge < -0.3 is 10.6 Å². The first-order valence-electron chi connectivity index (χ1n) is 5.83. The molecule has 2 fully saturated rings. The lowest BCUT2D eigenvalue weighted by Crippen LogP contribution is -2.50. The van der Waals surface area contributed by atoms with Gasteiger partial charge in [-0.25, -0.2) is 0 Å². The average molecular weight is 196 g/mol. The van der Waals surface area contributed by atoms with Crippen molar-refractivity contribution in [3.05, 3.63) is 0 Å².